The van der Waals surface area contributed by atoms with Gasteiger partial charge in [0.2, 0.25) is 21.8 Å². The third-order valence-corrected chi connectivity index (χ3v) is 6.94. The Bertz CT molecular complexity index is 938. The number of amides is 1. The molecule has 8 nitrogen and oxygen atoms in total. The minimum absolute atomic E-state index is 0.128. The lowest BCUT2D eigenvalue weighted by Gasteiger charge is -2.30. The number of benzene rings is 1. The van der Waals surface area contributed by atoms with Crippen LogP contribution in [0.1, 0.15) is 18.4 Å². The average molecular weight is 434 g/mol. The number of hydrogen-bond acceptors (Lipinski definition) is 6. The molecule has 1 aliphatic heterocycles. The predicted octanol–water partition coefficient (Wildman–Crippen LogP) is 2.45. The van der Waals surface area contributed by atoms with Gasteiger partial charge in [0.05, 0.1) is 23.4 Å². The third-order valence-electron chi connectivity index (χ3n) is 5.02. The van der Waals surface area contributed by atoms with Crippen LogP contribution in [0.15, 0.2) is 47.5 Å². The zero-order chi connectivity index (χ0) is 21.6. The summed E-state index contributed by atoms with van der Waals surface area (Å²) in [5, 5.41) is 2.85. The van der Waals surface area contributed by atoms with Crippen LogP contribution >= 0.6 is 0 Å². The van der Waals surface area contributed by atoms with Gasteiger partial charge in [-0.25, -0.2) is 13.4 Å². The Morgan fingerprint density at radius 1 is 1.13 bits per heavy atom. The van der Waals surface area contributed by atoms with Crippen LogP contribution in [0.25, 0.3) is 0 Å². The molecule has 2 aromatic rings. The van der Waals surface area contributed by atoms with E-state index in [0.29, 0.717) is 50.7 Å². The van der Waals surface area contributed by atoms with Gasteiger partial charge >= 0.3 is 0 Å². The third kappa shape index (κ3) is 5.56. The van der Waals surface area contributed by atoms with Crippen molar-refractivity contribution in [3.63, 3.8) is 0 Å². The first-order chi connectivity index (χ1) is 14.4. The standard InChI is InChI=1S/C21H27N3O5S/c1-16-3-6-19(7-4-16)30(26,27)24-11-9-17(10-12-24)21(25)23-18-5-8-20(22-15-18)29-14-13-28-2/h3-8,15,17H,9-14H2,1-2H3,(H,23,25). The fourth-order valence-corrected chi connectivity index (χ4v) is 4.70. The van der Waals surface area contributed by atoms with Crippen LogP contribution in [-0.4, -0.2) is 57.0 Å². The molecule has 0 unspecified atom stereocenters. The first-order valence-corrected chi connectivity index (χ1v) is 11.3. The van der Waals surface area contributed by atoms with Crippen molar-refractivity contribution in [3.8, 4) is 5.88 Å². The quantitative estimate of drug-likeness (QED) is 0.642. The van der Waals surface area contributed by atoms with Crippen LogP contribution in [-0.2, 0) is 19.6 Å². The first kappa shape index (κ1) is 22.2. The number of nitrogens with zero attached hydrogens (tertiary/aromatic N) is 2. The molecule has 1 aromatic heterocycles. The van der Waals surface area contributed by atoms with E-state index in [0.717, 1.165) is 5.56 Å². The minimum atomic E-state index is -3.53. The zero-order valence-electron chi connectivity index (χ0n) is 17.2. The fraction of sp³-hybridized carbons (Fsp3) is 0.429. The van der Waals surface area contributed by atoms with Crippen LogP contribution in [0, 0.1) is 12.8 Å². The van der Waals surface area contributed by atoms with Crippen molar-refractivity contribution in [1.29, 1.82) is 0 Å². The van der Waals surface area contributed by atoms with Gasteiger partial charge in [0.15, 0.2) is 0 Å². The molecule has 0 atom stereocenters. The number of aryl methyl sites for hydroxylation is 1. The number of aromatic nitrogens is 1. The van der Waals surface area contributed by atoms with E-state index in [9.17, 15) is 13.2 Å². The summed E-state index contributed by atoms with van der Waals surface area (Å²) in [5.41, 5.74) is 1.59. The molecule has 1 fully saturated rings. The summed E-state index contributed by atoms with van der Waals surface area (Å²) in [6, 6.07) is 10.2. The molecule has 9 heteroatoms. The van der Waals surface area contributed by atoms with E-state index in [1.54, 1.807) is 43.5 Å². The van der Waals surface area contributed by atoms with Crippen LogP contribution in [0.3, 0.4) is 0 Å². The lowest BCUT2D eigenvalue weighted by molar-refractivity contribution is -0.120. The van der Waals surface area contributed by atoms with Crippen molar-refractivity contribution in [2.75, 3.05) is 38.7 Å². The maximum atomic E-state index is 12.8. The summed E-state index contributed by atoms with van der Waals surface area (Å²) in [7, 11) is -1.94. The van der Waals surface area contributed by atoms with E-state index < -0.39 is 10.0 Å². The number of methoxy groups -OCH3 is 1. The molecule has 2 heterocycles. The predicted molar refractivity (Wildman–Crippen MR) is 113 cm³/mol. The van der Waals surface area contributed by atoms with Crippen LogP contribution in [0.5, 0.6) is 5.88 Å². The lowest BCUT2D eigenvalue weighted by Crippen LogP contribution is -2.41. The highest BCUT2D eigenvalue weighted by Gasteiger charge is 2.32. The Kier molecular flexibility index (Phi) is 7.41. The second-order valence-corrected chi connectivity index (χ2v) is 9.14. The van der Waals surface area contributed by atoms with Gasteiger partial charge in [0.25, 0.3) is 0 Å². The summed E-state index contributed by atoms with van der Waals surface area (Å²) >= 11 is 0. The highest BCUT2D eigenvalue weighted by molar-refractivity contribution is 7.89. The molecule has 0 aliphatic carbocycles. The molecule has 0 spiro atoms. The van der Waals surface area contributed by atoms with Crippen LogP contribution in [0.4, 0.5) is 5.69 Å². The molecular formula is C21H27N3O5S. The first-order valence-electron chi connectivity index (χ1n) is 9.85. The normalized spacial score (nSPS) is 15.7. The van der Waals surface area contributed by atoms with Gasteiger partial charge < -0.3 is 14.8 Å². The average Bonchev–Trinajstić information content (AvgIpc) is 2.75. The zero-order valence-corrected chi connectivity index (χ0v) is 18.0. The number of pyridine rings is 1. The van der Waals surface area contributed by atoms with E-state index in [-0.39, 0.29) is 16.7 Å². The SMILES string of the molecule is COCCOc1ccc(NC(=O)C2CCN(S(=O)(=O)c3ccc(C)cc3)CC2)cn1. The molecule has 1 N–H and O–H groups in total. The van der Waals surface area contributed by atoms with E-state index in [1.165, 1.54) is 10.5 Å². The number of carbonyl (C=O) groups excluding carboxylic acids is 1. The van der Waals surface area contributed by atoms with E-state index in [1.807, 2.05) is 6.92 Å². The molecule has 3 rings (SSSR count). The number of ether oxygens (including phenoxy) is 2. The van der Waals surface area contributed by atoms with Gasteiger partial charge in [-0.05, 0) is 38.0 Å². The van der Waals surface area contributed by atoms with Crippen molar-refractivity contribution in [2.24, 2.45) is 5.92 Å². The summed E-state index contributed by atoms with van der Waals surface area (Å²) in [6.07, 6.45) is 2.49. The summed E-state index contributed by atoms with van der Waals surface area (Å²) in [6.45, 7) is 3.42. The number of sulfonamides is 1. The number of piperidine rings is 1. The number of anilines is 1. The van der Waals surface area contributed by atoms with Gasteiger partial charge in [0.1, 0.15) is 6.61 Å². The summed E-state index contributed by atoms with van der Waals surface area (Å²) in [5.74, 6) is 0.0870. The number of carbonyl (C=O) groups is 1. The maximum absolute atomic E-state index is 12.8. The monoisotopic (exact) mass is 433 g/mol. The summed E-state index contributed by atoms with van der Waals surface area (Å²) < 4.78 is 37.3. The van der Waals surface area contributed by atoms with Gasteiger partial charge in [-0.15, -0.1) is 0 Å². The van der Waals surface area contributed by atoms with Crippen molar-refractivity contribution < 1.29 is 22.7 Å². The topological polar surface area (TPSA) is 97.8 Å². The Balaban J connectivity index is 1.52. The Morgan fingerprint density at radius 2 is 1.83 bits per heavy atom. The van der Waals surface area contributed by atoms with Gasteiger partial charge in [0, 0.05) is 32.2 Å². The van der Waals surface area contributed by atoms with Crippen LogP contribution < -0.4 is 10.1 Å². The largest absolute Gasteiger partial charge is 0.475 e. The fourth-order valence-electron chi connectivity index (χ4n) is 3.23. The molecule has 30 heavy (non-hydrogen) atoms. The van der Waals surface area contributed by atoms with Gasteiger partial charge in [-0.1, -0.05) is 17.7 Å². The second kappa shape index (κ2) is 10.0. The molecule has 1 aliphatic rings. The van der Waals surface area contributed by atoms with Crippen molar-refractivity contribution in [1.82, 2.24) is 9.29 Å². The van der Waals surface area contributed by atoms with Crippen LogP contribution in [0.2, 0.25) is 0 Å². The molecule has 1 aromatic carbocycles. The van der Waals surface area contributed by atoms with E-state index >= 15 is 0 Å². The molecule has 1 amide bonds. The van der Waals surface area contributed by atoms with Crippen molar-refractivity contribution >= 4 is 21.6 Å². The molecule has 162 valence electrons. The number of rotatable bonds is 8. The number of hydrogen-bond donors (Lipinski definition) is 1. The summed E-state index contributed by atoms with van der Waals surface area (Å²) in [4.78, 5) is 17.0. The minimum Gasteiger partial charge on any atom is -0.475 e. The Morgan fingerprint density at radius 3 is 2.43 bits per heavy atom. The Labute approximate surface area is 177 Å². The van der Waals surface area contributed by atoms with Crippen molar-refractivity contribution in [3.05, 3.63) is 48.2 Å². The molecule has 0 bridgehead atoms. The molecule has 0 saturated carbocycles. The lowest BCUT2D eigenvalue weighted by atomic mass is 9.97. The molecular weight excluding hydrogens is 406 g/mol. The highest BCUT2D eigenvalue weighted by atomic mass is 32.2. The maximum Gasteiger partial charge on any atom is 0.243 e. The molecule has 1 saturated heterocycles. The van der Waals surface area contributed by atoms with Gasteiger partial charge in [-0.2, -0.15) is 4.31 Å². The van der Waals surface area contributed by atoms with Gasteiger partial charge in [-0.3, -0.25) is 4.79 Å². The number of nitrogens with one attached hydrogen (secondary N) is 1. The van der Waals surface area contributed by atoms with E-state index in [2.05, 4.69) is 10.3 Å². The van der Waals surface area contributed by atoms with Crippen molar-refractivity contribution in [2.45, 2.75) is 24.7 Å². The Hall–Kier alpha value is -2.49. The second-order valence-electron chi connectivity index (χ2n) is 7.21. The van der Waals surface area contributed by atoms with E-state index in [4.69, 9.17) is 9.47 Å². The molecule has 0 radical (unpaired) electrons. The smallest absolute Gasteiger partial charge is 0.243 e. The highest BCUT2D eigenvalue weighted by Crippen LogP contribution is 2.25.